The third kappa shape index (κ3) is 16.0. The van der Waals surface area contributed by atoms with Crippen LogP contribution in [0, 0.1) is 41.5 Å². The summed E-state index contributed by atoms with van der Waals surface area (Å²) in [5.74, 6) is 6.59. The van der Waals surface area contributed by atoms with Crippen molar-refractivity contribution in [3.8, 4) is 22.7 Å². The van der Waals surface area contributed by atoms with E-state index in [1.54, 1.807) is 0 Å². The van der Waals surface area contributed by atoms with Crippen LogP contribution in [0.25, 0.3) is 146 Å². The Morgan fingerprint density at radius 2 is 0.618 bits per heavy atom. The number of benzene rings is 11. The van der Waals surface area contributed by atoms with E-state index in [4.69, 9.17) is 4.98 Å². The fraction of sp³-hybridized carbons (Fsp3) is 0.290. The Bertz CT molecular complexity index is 9370. The number of rotatable bonds is 4. The predicted molar refractivity (Wildman–Crippen MR) is 589 cm³/mol. The van der Waals surface area contributed by atoms with E-state index >= 15 is 0 Å². The summed E-state index contributed by atoms with van der Waals surface area (Å²) in [4.78, 5) is 9.44. The van der Waals surface area contributed by atoms with E-state index < -0.39 is 0 Å². The first-order valence-electron chi connectivity index (χ1n) is 50.6. The smallest absolute Gasteiger partial charge is 0.265 e. The second-order valence-corrected chi connectivity index (χ2v) is 45.7. The van der Waals surface area contributed by atoms with E-state index in [9.17, 15) is 0 Å². The molecule has 25 rings (SSSR count). The lowest BCUT2D eigenvalue weighted by Gasteiger charge is -2.22. The molecular formula is C124H140N20+6. The highest BCUT2D eigenvalue weighted by Gasteiger charge is 2.35. The van der Waals surface area contributed by atoms with Crippen LogP contribution in [-0.4, -0.2) is 63.4 Å². The van der Waals surface area contributed by atoms with Gasteiger partial charge in [-0.1, -0.05) is 246 Å². The minimum absolute atomic E-state index is 0.104. The standard InChI is InChI=1S/C25H26N3.C22H23N4.2C21H24N3.C18H21N4.C17H22N3/c1-17-18(25(2,3)4)11-10-16-19(17)27-22-14-8-9-15-23(22)28-21-13-7-6-12-20(21)26(5)24(27)28;1-14-15(22(2,3)4)10-11-18-19(14)20-24(5)12-13-25(20)21-23-16-8-6-7-9-17(16)26(18)21;1-15-16(21(2,3)4)9-8-12-17(15)23-13-14-24-19-11-7-6-10-18(19)22(5)20(23)24;1-15-16(21(2,3)4)9-8-12-17(15)24-19-11-7-6-10-18(19)23-14-13-22(5)20(23)24;1-12-13(18(2,3)4)6-7-14-15(12)16-20(5)10-11-22(16)17-19-8-9-21(14)17;1-13-14(17(2,3)4)7-6-8-15(13)20-12-11-19-10-9-18(5)16(19)20/h6-16H,1-5H3;6-13H,1-5H3;2*6-14H,1-5H3;6-11H,1-5H3;6-12H,1-5H3/q6*+1. The summed E-state index contributed by atoms with van der Waals surface area (Å²) in [5, 5.41) is 2.59. The van der Waals surface area contributed by atoms with E-state index in [0.717, 1.165) is 22.6 Å². The zero-order chi connectivity index (χ0) is 102. The fourth-order valence-corrected chi connectivity index (χ4v) is 23.2. The Balaban J connectivity index is 0.000000106. The molecule has 0 aliphatic heterocycles. The van der Waals surface area contributed by atoms with Gasteiger partial charge >= 0.3 is 34.7 Å². The van der Waals surface area contributed by atoms with Crippen LogP contribution in [0.4, 0.5) is 0 Å². The molecule has 0 amide bonds. The third-order valence-corrected chi connectivity index (χ3v) is 29.8. The molecule has 0 bridgehead atoms. The Kier molecular flexibility index (Phi) is 23.6. The second kappa shape index (κ2) is 35.3. The van der Waals surface area contributed by atoms with Crippen LogP contribution in [0.15, 0.2) is 305 Å². The highest BCUT2D eigenvalue weighted by molar-refractivity contribution is 6.00. The molecular weight excluding hydrogens is 1770 g/mol. The number of aryl methyl sites for hydroxylation is 8. The van der Waals surface area contributed by atoms with Crippen LogP contribution in [0.1, 0.15) is 191 Å². The van der Waals surface area contributed by atoms with Crippen molar-refractivity contribution < 1.29 is 27.4 Å². The zero-order valence-electron chi connectivity index (χ0n) is 89.8. The number of hydrogen-bond donors (Lipinski definition) is 0. The van der Waals surface area contributed by atoms with Crippen LogP contribution in [0.3, 0.4) is 0 Å². The lowest BCUT2D eigenvalue weighted by atomic mass is 9.83. The average Bonchev–Trinajstić information content (AvgIpc) is 1.55. The molecule has 0 atom stereocenters. The van der Waals surface area contributed by atoms with Gasteiger partial charge in [0, 0.05) is 12.4 Å². The molecule has 0 spiro atoms. The summed E-state index contributed by atoms with van der Waals surface area (Å²) in [7, 11) is 12.7. The van der Waals surface area contributed by atoms with Gasteiger partial charge in [0.15, 0.2) is 0 Å². The first kappa shape index (κ1) is 96.1. The first-order valence-corrected chi connectivity index (χ1v) is 50.6. The largest absolute Gasteiger partial charge is 0.375 e. The maximum atomic E-state index is 4.92. The molecule has 0 saturated heterocycles. The topological polar surface area (TPSA) is 104 Å². The highest BCUT2D eigenvalue weighted by atomic mass is 15.3. The Morgan fingerprint density at radius 3 is 1.15 bits per heavy atom. The van der Waals surface area contributed by atoms with Crippen molar-refractivity contribution in [1.82, 2.24) is 63.4 Å². The molecule has 0 aliphatic rings. The average molecular weight is 1910 g/mol. The number of fused-ring (bicyclic) bond motifs is 26. The van der Waals surface area contributed by atoms with Crippen LogP contribution in [-0.2, 0) is 74.8 Å². The van der Waals surface area contributed by atoms with E-state index in [1.165, 1.54) is 190 Å². The summed E-state index contributed by atoms with van der Waals surface area (Å²) in [6.07, 6.45) is 29.2. The highest BCUT2D eigenvalue weighted by Crippen LogP contribution is 2.41. The summed E-state index contributed by atoms with van der Waals surface area (Å²) >= 11 is 0. The Morgan fingerprint density at radius 1 is 0.243 bits per heavy atom. The van der Waals surface area contributed by atoms with Gasteiger partial charge in [-0.25, -0.2) is 40.9 Å². The van der Waals surface area contributed by atoms with Crippen LogP contribution in [0.5, 0.6) is 0 Å². The van der Waals surface area contributed by atoms with E-state index in [2.05, 4.69) is 581 Å². The van der Waals surface area contributed by atoms with E-state index in [0.29, 0.717) is 0 Å². The molecule has 14 heterocycles. The Hall–Kier alpha value is -15.4. The number of imidazole rings is 12. The van der Waals surface area contributed by atoms with E-state index in [1.807, 2.05) is 18.5 Å². The number of nitrogens with zero attached hydrogens (tertiary/aromatic N) is 20. The van der Waals surface area contributed by atoms with Gasteiger partial charge in [0.25, 0.3) is 11.3 Å². The fourth-order valence-electron chi connectivity index (χ4n) is 23.2. The summed E-state index contributed by atoms with van der Waals surface area (Å²) in [6.45, 7) is 54.4. The van der Waals surface area contributed by atoms with Gasteiger partial charge in [0.05, 0.1) is 87.5 Å². The van der Waals surface area contributed by atoms with Gasteiger partial charge in [-0.2, -0.15) is 41.1 Å². The van der Waals surface area contributed by atoms with Gasteiger partial charge < -0.3 is 0 Å². The lowest BCUT2D eigenvalue weighted by molar-refractivity contribution is -0.647. The van der Waals surface area contributed by atoms with Crippen LogP contribution < -0.4 is 27.4 Å². The van der Waals surface area contributed by atoms with Crippen molar-refractivity contribution in [3.63, 3.8) is 0 Å². The van der Waals surface area contributed by atoms with Crippen molar-refractivity contribution in [3.05, 3.63) is 372 Å². The predicted octanol–water partition coefficient (Wildman–Crippen LogP) is 24.7. The minimum Gasteiger partial charge on any atom is -0.265 e. The van der Waals surface area contributed by atoms with Gasteiger partial charge in [0.1, 0.15) is 129 Å². The quantitative estimate of drug-likeness (QED) is 0.164. The molecule has 0 radical (unpaired) electrons. The van der Waals surface area contributed by atoms with E-state index in [-0.39, 0.29) is 32.5 Å². The van der Waals surface area contributed by atoms with Crippen LogP contribution in [0.2, 0.25) is 0 Å². The molecule has 144 heavy (non-hydrogen) atoms. The van der Waals surface area contributed by atoms with Crippen molar-refractivity contribution in [2.75, 3.05) is 0 Å². The molecule has 20 heteroatoms. The molecule has 0 N–H and O–H groups in total. The molecule has 0 aliphatic carbocycles. The van der Waals surface area contributed by atoms with Gasteiger partial charge in [-0.3, -0.25) is 8.80 Å². The van der Waals surface area contributed by atoms with Crippen molar-refractivity contribution in [2.45, 2.75) is 199 Å². The lowest BCUT2D eigenvalue weighted by Crippen LogP contribution is -2.29. The van der Waals surface area contributed by atoms with Crippen molar-refractivity contribution in [1.29, 1.82) is 0 Å². The molecule has 730 valence electrons. The summed E-state index contributed by atoms with van der Waals surface area (Å²) in [5.41, 5.74) is 39.0. The Labute approximate surface area is 844 Å². The SMILES string of the molecule is Cc1c(-n2c3ccccc3n3c4ccccc4[n+](C)c23)cccc1C(C)(C)C.Cc1c(-n2c3ccccc3n3cc[n+](C)c23)cccc1C(C)(C)C.Cc1c(-n2ccn3c4ccccc4[n+](C)c23)cccc1C(C)(C)C.Cc1c(-n2ccn3cc[n+](C)c23)cccc1C(C)(C)C.Cc1c(C(C)(C)C)ccc2c1c1n(cc[n+]1C)c1nc3ccccc3n21.Cc1c(C(C)(C)C)ccc2c1c1n(cc[n+]1C)c1nccn21. The van der Waals surface area contributed by atoms with Gasteiger partial charge in [-0.15, -0.1) is 0 Å². The molecule has 0 fully saturated rings. The maximum absolute atomic E-state index is 4.92. The maximum Gasteiger partial charge on any atom is 0.375 e. The zero-order valence-corrected chi connectivity index (χ0v) is 89.8. The van der Waals surface area contributed by atoms with Gasteiger partial charge in [0.2, 0.25) is 0 Å². The summed E-state index contributed by atoms with van der Waals surface area (Å²) in [6, 6.07) is 78.4. The monoisotopic (exact) mass is 1910 g/mol. The molecule has 20 nitrogen and oxygen atoms in total. The molecule has 11 aromatic carbocycles. The normalized spacial score (nSPS) is 12.5. The number of aromatic nitrogens is 20. The minimum atomic E-state index is 0.104. The number of para-hydroxylation sites is 10. The van der Waals surface area contributed by atoms with Gasteiger partial charge in [-0.05, 0) is 238 Å². The first-order chi connectivity index (χ1) is 68.3. The van der Waals surface area contributed by atoms with Crippen molar-refractivity contribution >= 4 is 123 Å². The molecule has 14 aromatic heterocycles. The molecule has 0 saturated carbocycles. The number of hydrogen-bond acceptors (Lipinski definition) is 2. The molecule has 0 unspecified atom stereocenters. The second-order valence-electron chi connectivity index (χ2n) is 45.7. The third-order valence-electron chi connectivity index (χ3n) is 29.8. The van der Waals surface area contributed by atoms with Crippen LogP contribution >= 0.6 is 0 Å². The summed E-state index contributed by atoms with van der Waals surface area (Å²) < 4.78 is 40.5. The van der Waals surface area contributed by atoms with Crippen molar-refractivity contribution in [2.24, 2.45) is 42.3 Å². The molecule has 25 aromatic rings.